The molecule has 1 saturated carbocycles. The van der Waals surface area contributed by atoms with Crippen LogP contribution in [-0.4, -0.2) is 66.7 Å². The summed E-state index contributed by atoms with van der Waals surface area (Å²) < 4.78 is 29.9. The summed E-state index contributed by atoms with van der Waals surface area (Å²) in [6.45, 7) is 5.71. The Labute approximate surface area is 209 Å². The predicted octanol–water partition coefficient (Wildman–Crippen LogP) is 3.08. The minimum atomic E-state index is -3.34. The molecule has 11 nitrogen and oxygen atoms in total. The molecule has 1 aliphatic carbocycles. The lowest BCUT2D eigenvalue weighted by Gasteiger charge is -2.34. The number of amides is 2. The Kier molecular flexibility index (Phi) is 6.17. The number of nitrogens with one attached hydrogen (secondary N) is 3. The molecule has 3 heterocycles. The van der Waals surface area contributed by atoms with Crippen molar-refractivity contribution in [3.63, 3.8) is 0 Å². The standard InChI is InChI=1S/C24H29N7O4S/c1-15-13-25-30-21(15)29-23(32)26-18-6-4-17(5-7-18)22-27-19(24(8-9-24)36(3,33)34)12-20(28-22)31-10-11-35-14-16(31)2/h4-7,12-13,16H,8-11,14H2,1-3H3,(H3,25,26,29,30,32)/t16-/m0/s1. The third-order valence-electron chi connectivity index (χ3n) is 6.72. The fraction of sp³-hybridized carbons (Fsp3) is 0.417. The number of aryl methyl sites for hydroxylation is 1. The maximum Gasteiger partial charge on any atom is 0.324 e. The van der Waals surface area contributed by atoms with Crippen LogP contribution in [0.2, 0.25) is 0 Å². The summed E-state index contributed by atoms with van der Waals surface area (Å²) in [5.74, 6) is 1.59. The van der Waals surface area contributed by atoms with Crippen molar-refractivity contribution < 1.29 is 17.9 Å². The van der Waals surface area contributed by atoms with E-state index in [4.69, 9.17) is 14.7 Å². The maximum atomic E-state index is 12.7. The maximum absolute atomic E-state index is 12.7. The van der Waals surface area contributed by atoms with Crippen molar-refractivity contribution in [3.8, 4) is 11.4 Å². The summed E-state index contributed by atoms with van der Waals surface area (Å²) in [5, 5.41) is 12.1. The Hall–Kier alpha value is -3.51. The molecule has 0 radical (unpaired) electrons. The van der Waals surface area contributed by atoms with Crippen LogP contribution in [0.5, 0.6) is 0 Å². The number of rotatable bonds is 6. The molecule has 1 saturated heterocycles. The van der Waals surface area contributed by atoms with E-state index >= 15 is 0 Å². The molecule has 12 heteroatoms. The van der Waals surface area contributed by atoms with E-state index in [1.54, 1.807) is 30.5 Å². The van der Waals surface area contributed by atoms with Crippen molar-refractivity contribution in [2.45, 2.75) is 37.5 Å². The van der Waals surface area contributed by atoms with Gasteiger partial charge in [0, 0.05) is 41.9 Å². The smallest absolute Gasteiger partial charge is 0.324 e. The van der Waals surface area contributed by atoms with Crippen LogP contribution >= 0.6 is 0 Å². The number of hydrogen-bond donors (Lipinski definition) is 3. The van der Waals surface area contributed by atoms with Gasteiger partial charge in [-0.25, -0.2) is 23.2 Å². The van der Waals surface area contributed by atoms with E-state index in [1.807, 2.05) is 13.0 Å². The highest BCUT2D eigenvalue weighted by Crippen LogP contribution is 2.52. The average molecular weight is 512 g/mol. The van der Waals surface area contributed by atoms with E-state index in [1.165, 1.54) is 6.26 Å². The molecule has 1 atom stereocenters. The highest BCUT2D eigenvalue weighted by atomic mass is 32.2. The largest absolute Gasteiger partial charge is 0.377 e. The number of ether oxygens (including phenoxy) is 1. The topological polar surface area (TPSA) is 142 Å². The summed E-state index contributed by atoms with van der Waals surface area (Å²) in [5.41, 5.74) is 2.65. The molecule has 3 aromatic rings. The summed E-state index contributed by atoms with van der Waals surface area (Å²) in [4.78, 5) is 24.0. The lowest BCUT2D eigenvalue weighted by Crippen LogP contribution is -2.44. The van der Waals surface area contributed by atoms with Gasteiger partial charge in [0.25, 0.3) is 0 Å². The minimum absolute atomic E-state index is 0.103. The van der Waals surface area contributed by atoms with Crippen molar-refractivity contribution >= 4 is 33.2 Å². The van der Waals surface area contributed by atoms with Gasteiger partial charge in [0.05, 0.1) is 24.9 Å². The van der Waals surface area contributed by atoms with E-state index in [-0.39, 0.29) is 6.04 Å². The first-order valence-electron chi connectivity index (χ1n) is 11.8. The molecule has 2 fully saturated rings. The third kappa shape index (κ3) is 4.65. The fourth-order valence-corrected chi connectivity index (χ4v) is 5.72. The van der Waals surface area contributed by atoms with Gasteiger partial charge in [0.1, 0.15) is 10.6 Å². The van der Waals surface area contributed by atoms with Gasteiger partial charge in [-0.3, -0.25) is 10.4 Å². The number of hydrogen-bond acceptors (Lipinski definition) is 8. The number of H-pyrrole nitrogens is 1. The van der Waals surface area contributed by atoms with Gasteiger partial charge in [0.15, 0.2) is 21.5 Å². The summed E-state index contributed by atoms with van der Waals surface area (Å²) in [6, 6.07) is 8.62. The lowest BCUT2D eigenvalue weighted by atomic mass is 10.1. The predicted molar refractivity (Wildman–Crippen MR) is 137 cm³/mol. The van der Waals surface area contributed by atoms with Gasteiger partial charge < -0.3 is 15.0 Å². The van der Waals surface area contributed by atoms with E-state index in [2.05, 4.69) is 32.7 Å². The Balaban J connectivity index is 1.44. The van der Waals surface area contributed by atoms with E-state index in [9.17, 15) is 13.2 Å². The van der Waals surface area contributed by atoms with Crippen LogP contribution < -0.4 is 15.5 Å². The monoisotopic (exact) mass is 511 g/mol. The Morgan fingerprint density at radius 3 is 2.56 bits per heavy atom. The highest BCUT2D eigenvalue weighted by Gasteiger charge is 2.55. The molecular weight excluding hydrogens is 482 g/mol. The molecule has 0 unspecified atom stereocenters. The number of morpholine rings is 1. The number of aromatic nitrogens is 4. The van der Waals surface area contributed by atoms with E-state index < -0.39 is 20.6 Å². The molecule has 1 aromatic carbocycles. The number of carbonyl (C=O) groups is 1. The first-order valence-corrected chi connectivity index (χ1v) is 13.7. The Morgan fingerprint density at radius 2 is 1.94 bits per heavy atom. The summed E-state index contributed by atoms with van der Waals surface area (Å²) in [6.07, 6.45) is 4.07. The normalized spacial score (nSPS) is 19.1. The van der Waals surface area contributed by atoms with Gasteiger partial charge in [-0.15, -0.1) is 0 Å². The molecule has 3 N–H and O–H groups in total. The third-order valence-corrected chi connectivity index (χ3v) is 8.76. The number of aromatic amines is 1. The van der Waals surface area contributed by atoms with Gasteiger partial charge in [0.2, 0.25) is 0 Å². The quantitative estimate of drug-likeness (QED) is 0.458. The Bertz CT molecular complexity index is 1380. The zero-order valence-electron chi connectivity index (χ0n) is 20.4. The van der Waals surface area contributed by atoms with Gasteiger partial charge in [-0.05, 0) is 51.0 Å². The number of carbonyl (C=O) groups excluding carboxylic acids is 1. The minimum Gasteiger partial charge on any atom is -0.377 e. The van der Waals surface area contributed by atoms with Crippen LogP contribution in [0.15, 0.2) is 36.5 Å². The zero-order valence-corrected chi connectivity index (χ0v) is 21.2. The van der Waals surface area contributed by atoms with Gasteiger partial charge in [-0.1, -0.05) is 0 Å². The molecule has 2 amide bonds. The van der Waals surface area contributed by atoms with Crippen LogP contribution in [0.25, 0.3) is 11.4 Å². The molecule has 2 aromatic heterocycles. The van der Waals surface area contributed by atoms with Crippen LogP contribution in [0.4, 0.5) is 22.1 Å². The van der Waals surface area contributed by atoms with Crippen LogP contribution in [-0.2, 0) is 19.3 Å². The van der Waals surface area contributed by atoms with Crippen molar-refractivity contribution in [2.24, 2.45) is 0 Å². The SMILES string of the molecule is Cc1c[nH]nc1NC(=O)Nc1ccc(-c2nc(N3CCOC[C@@H]3C)cc(C3(S(C)(=O)=O)CC3)n2)cc1. The first kappa shape index (κ1) is 24.2. The molecule has 1 aliphatic heterocycles. The lowest BCUT2D eigenvalue weighted by molar-refractivity contribution is 0.0985. The second kappa shape index (κ2) is 9.17. The zero-order chi connectivity index (χ0) is 25.5. The number of anilines is 3. The highest BCUT2D eigenvalue weighted by molar-refractivity contribution is 7.91. The van der Waals surface area contributed by atoms with E-state index in [0.29, 0.717) is 61.4 Å². The number of sulfone groups is 1. The van der Waals surface area contributed by atoms with Crippen LogP contribution in [0, 0.1) is 6.92 Å². The molecule has 2 aliphatic rings. The second-order valence-electron chi connectivity index (χ2n) is 9.39. The molecular formula is C24H29N7O4S. The van der Waals surface area contributed by atoms with Crippen LogP contribution in [0.1, 0.15) is 31.0 Å². The summed E-state index contributed by atoms with van der Waals surface area (Å²) in [7, 11) is -3.34. The second-order valence-corrected chi connectivity index (χ2v) is 11.7. The fourth-order valence-electron chi connectivity index (χ4n) is 4.39. The Morgan fingerprint density at radius 1 is 1.19 bits per heavy atom. The van der Waals surface area contributed by atoms with Crippen molar-refractivity contribution in [3.05, 3.63) is 47.8 Å². The molecule has 0 spiro atoms. The first-order chi connectivity index (χ1) is 17.2. The molecule has 36 heavy (non-hydrogen) atoms. The van der Waals surface area contributed by atoms with Crippen LogP contribution in [0.3, 0.4) is 0 Å². The molecule has 190 valence electrons. The average Bonchev–Trinajstić information content (AvgIpc) is 3.58. The van der Waals surface area contributed by atoms with E-state index in [0.717, 1.165) is 11.1 Å². The van der Waals surface area contributed by atoms with Crippen molar-refractivity contribution in [1.82, 2.24) is 20.2 Å². The van der Waals surface area contributed by atoms with Gasteiger partial charge >= 0.3 is 6.03 Å². The van der Waals surface area contributed by atoms with Gasteiger partial charge in [-0.2, -0.15) is 5.10 Å². The van der Waals surface area contributed by atoms with Crippen molar-refractivity contribution in [2.75, 3.05) is 41.5 Å². The molecule has 0 bridgehead atoms. The number of urea groups is 1. The van der Waals surface area contributed by atoms with Crippen molar-refractivity contribution in [1.29, 1.82) is 0 Å². The molecule has 5 rings (SSSR count). The number of benzene rings is 1. The number of nitrogens with zero attached hydrogens (tertiary/aromatic N) is 4. The summed E-state index contributed by atoms with van der Waals surface area (Å²) >= 11 is 0.